The molecule has 2 N–H and O–H groups in total. The van der Waals surface area contributed by atoms with Crippen LogP contribution in [-0.4, -0.2) is 24.3 Å². The Hall–Kier alpha value is -3.20. The van der Waals surface area contributed by atoms with Gasteiger partial charge in [-0.05, 0) is 30.7 Å². The molecule has 0 aliphatic rings. The number of aryl methyl sites for hydroxylation is 1. The predicted molar refractivity (Wildman–Crippen MR) is 101 cm³/mol. The molecule has 9 heteroatoms. The van der Waals surface area contributed by atoms with Crippen molar-refractivity contribution in [2.75, 3.05) is 5.84 Å². The third-order valence-corrected chi connectivity index (χ3v) is 5.01. The van der Waals surface area contributed by atoms with Crippen molar-refractivity contribution in [1.29, 1.82) is 0 Å². The van der Waals surface area contributed by atoms with Crippen molar-refractivity contribution in [3.05, 3.63) is 76.1 Å². The normalized spacial score (nSPS) is 11.2. The van der Waals surface area contributed by atoms with Gasteiger partial charge < -0.3 is 5.84 Å². The molecule has 0 saturated carbocycles. The molecule has 7 nitrogen and oxygen atoms in total. The molecular weight excluding hydrogens is 367 g/mol. The van der Waals surface area contributed by atoms with Crippen LogP contribution in [-0.2, 0) is 5.75 Å². The molecule has 0 atom stereocenters. The first-order valence-corrected chi connectivity index (χ1v) is 9.08. The molecule has 0 aliphatic carbocycles. The maximum absolute atomic E-state index is 13.4. The summed E-state index contributed by atoms with van der Waals surface area (Å²) in [6.07, 6.45) is 1.69. The summed E-state index contributed by atoms with van der Waals surface area (Å²) in [6, 6.07) is 11.2. The van der Waals surface area contributed by atoms with Crippen LogP contribution >= 0.6 is 11.8 Å². The highest BCUT2D eigenvalue weighted by molar-refractivity contribution is 7.98. The Kier molecular flexibility index (Phi) is 4.36. The number of hydrogen-bond acceptors (Lipinski definition) is 6. The lowest BCUT2D eigenvalue weighted by Crippen LogP contribution is -2.16. The number of nitrogen functional groups attached to an aromatic ring is 1. The first kappa shape index (κ1) is 17.2. The maximum atomic E-state index is 13.4. The Balaban J connectivity index is 1.60. The number of benzene rings is 1. The van der Waals surface area contributed by atoms with Gasteiger partial charge in [-0.1, -0.05) is 30.0 Å². The lowest BCUT2D eigenvalue weighted by atomic mass is 10.2. The molecule has 0 aliphatic heterocycles. The van der Waals surface area contributed by atoms with Gasteiger partial charge >= 0.3 is 0 Å². The minimum atomic E-state index is -0.374. The van der Waals surface area contributed by atoms with Crippen LogP contribution in [0.3, 0.4) is 0 Å². The fraction of sp³-hybridized carbons (Fsp3) is 0.111. The fourth-order valence-corrected chi connectivity index (χ4v) is 3.47. The molecule has 0 fully saturated rings. The molecule has 0 amide bonds. The Morgan fingerprint density at radius 2 is 2.04 bits per heavy atom. The highest BCUT2D eigenvalue weighted by Crippen LogP contribution is 2.24. The molecule has 0 unspecified atom stereocenters. The van der Waals surface area contributed by atoms with Crippen LogP contribution in [0, 0.1) is 12.7 Å². The zero-order valence-electron chi connectivity index (χ0n) is 14.3. The van der Waals surface area contributed by atoms with Crippen LogP contribution in [0.5, 0.6) is 0 Å². The standard InChI is InChI=1S/C18H15FN6OS/c1-11-4-3-7-24-15(26)9-14(21-16(11)24)10-27-18-23-22-17(25(18)20)12-5-2-6-13(19)8-12/h2-9H,10,20H2,1H3. The maximum Gasteiger partial charge on any atom is 0.258 e. The molecule has 0 saturated heterocycles. The van der Waals surface area contributed by atoms with Crippen molar-refractivity contribution in [3.8, 4) is 11.4 Å². The average Bonchev–Trinajstić information content (AvgIpc) is 3.01. The zero-order valence-corrected chi connectivity index (χ0v) is 15.2. The molecule has 3 heterocycles. The third-order valence-electron chi connectivity index (χ3n) is 4.04. The van der Waals surface area contributed by atoms with E-state index in [-0.39, 0.29) is 11.4 Å². The summed E-state index contributed by atoms with van der Waals surface area (Å²) in [7, 11) is 0. The number of hydrogen-bond donors (Lipinski definition) is 1. The van der Waals surface area contributed by atoms with Gasteiger partial charge in [0.05, 0.1) is 5.69 Å². The number of rotatable bonds is 4. The molecule has 3 aromatic heterocycles. The van der Waals surface area contributed by atoms with Crippen molar-refractivity contribution in [2.24, 2.45) is 0 Å². The minimum absolute atomic E-state index is 0.144. The van der Waals surface area contributed by atoms with Crippen LogP contribution in [0.4, 0.5) is 4.39 Å². The zero-order chi connectivity index (χ0) is 19.0. The van der Waals surface area contributed by atoms with Crippen molar-refractivity contribution < 1.29 is 4.39 Å². The smallest absolute Gasteiger partial charge is 0.258 e. The van der Waals surface area contributed by atoms with E-state index in [1.165, 1.54) is 39.0 Å². The van der Waals surface area contributed by atoms with Crippen LogP contribution in [0.15, 0.2) is 58.6 Å². The quantitative estimate of drug-likeness (QED) is 0.431. The Bertz CT molecular complexity index is 1200. The summed E-state index contributed by atoms with van der Waals surface area (Å²) >= 11 is 1.30. The molecular formula is C18H15FN6OS. The van der Waals surface area contributed by atoms with Crippen molar-refractivity contribution in [2.45, 2.75) is 17.8 Å². The molecule has 0 radical (unpaired) electrons. The van der Waals surface area contributed by atoms with E-state index in [4.69, 9.17) is 5.84 Å². The lowest BCUT2D eigenvalue weighted by molar-refractivity contribution is 0.628. The summed E-state index contributed by atoms with van der Waals surface area (Å²) in [4.78, 5) is 16.8. The van der Waals surface area contributed by atoms with Gasteiger partial charge in [-0.15, -0.1) is 10.2 Å². The Morgan fingerprint density at radius 3 is 2.85 bits per heavy atom. The first-order chi connectivity index (χ1) is 13.0. The minimum Gasteiger partial charge on any atom is -0.335 e. The van der Waals surface area contributed by atoms with Crippen LogP contribution in [0.25, 0.3) is 17.0 Å². The summed E-state index contributed by atoms with van der Waals surface area (Å²) in [5, 5.41) is 8.54. The number of halogens is 1. The van der Waals surface area contributed by atoms with Crippen LogP contribution < -0.4 is 11.4 Å². The number of pyridine rings is 1. The fourth-order valence-electron chi connectivity index (χ4n) is 2.72. The second kappa shape index (κ2) is 6.84. The van der Waals surface area contributed by atoms with Crippen LogP contribution in [0.1, 0.15) is 11.3 Å². The number of thioether (sulfide) groups is 1. The molecule has 27 heavy (non-hydrogen) atoms. The van der Waals surface area contributed by atoms with Crippen LogP contribution in [0.2, 0.25) is 0 Å². The molecule has 136 valence electrons. The second-order valence-corrected chi connectivity index (χ2v) is 6.89. The van der Waals surface area contributed by atoms with E-state index >= 15 is 0 Å². The van der Waals surface area contributed by atoms with E-state index in [2.05, 4.69) is 15.2 Å². The Labute approximate surface area is 157 Å². The molecule has 0 spiro atoms. The molecule has 4 aromatic rings. The summed E-state index contributed by atoms with van der Waals surface area (Å²) in [6.45, 7) is 1.90. The van der Waals surface area contributed by atoms with Gasteiger partial charge in [0.15, 0.2) is 5.82 Å². The largest absolute Gasteiger partial charge is 0.335 e. The highest BCUT2D eigenvalue weighted by Gasteiger charge is 2.14. The predicted octanol–water partition coefficient (Wildman–Crippen LogP) is 2.41. The SMILES string of the molecule is Cc1cccn2c(=O)cc(CSc3nnc(-c4cccc(F)c4)n3N)nc12. The van der Waals surface area contributed by atoms with Gasteiger partial charge in [-0.2, -0.15) is 0 Å². The summed E-state index contributed by atoms with van der Waals surface area (Å²) in [5.74, 6) is 6.44. The van der Waals surface area contributed by atoms with Gasteiger partial charge in [-0.3, -0.25) is 9.20 Å². The van der Waals surface area contributed by atoms with Gasteiger partial charge in [0.25, 0.3) is 5.56 Å². The van der Waals surface area contributed by atoms with Crippen molar-refractivity contribution >= 4 is 17.4 Å². The lowest BCUT2D eigenvalue weighted by Gasteiger charge is -2.06. The number of nitrogens with two attached hydrogens (primary N) is 1. The highest BCUT2D eigenvalue weighted by atomic mass is 32.2. The average molecular weight is 382 g/mol. The van der Waals surface area contributed by atoms with E-state index in [0.29, 0.717) is 33.6 Å². The monoisotopic (exact) mass is 382 g/mol. The van der Waals surface area contributed by atoms with E-state index in [0.717, 1.165) is 5.56 Å². The van der Waals surface area contributed by atoms with Gasteiger partial charge in [0, 0.05) is 23.6 Å². The molecule has 4 rings (SSSR count). The van der Waals surface area contributed by atoms with E-state index in [1.54, 1.807) is 18.3 Å². The van der Waals surface area contributed by atoms with E-state index in [1.807, 2.05) is 19.1 Å². The summed E-state index contributed by atoms with van der Waals surface area (Å²) in [5.41, 5.74) is 2.55. The third kappa shape index (κ3) is 3.28. The van der Waals surface area contributed by atoms with E-state index < -0.39 is 0 Å². The molecule has 1 aromatic carbocycles. The summed E-state index contributed by atoms with van der Waals surface area (Å²) < 4.78 is 16.2. The van der Waals surface area contributed by atoms with E-state index in [9.17, 15) is 9.18 Å². The van der Waals surface area contributed by atoms with Crippen molar-refractivity contribution in [3.63, 3.8) is 0 Å². The van der Waals surface area contributed by atoms with Crippen molar-refractivity contribution in [1.82, 2.24) is 24.3 Å². The van der Waals surface area contributed by atoms with Gasteiger partial charge in [0.1, 0.15) is 11.5 Å². The number of aromatic nitrogens is 5. The number of fused-ring (bicyclic) bond motifs is 1. The van der Waals surface area contributed by atoms with Gasteiger partial charge in [-0.25, -0.2) is 14.1 Å². The molecule has 0 bridgehead atoms. The second-order valence-electron chi connectivity index (χ2n) is 5.95. The number of nitrogens with zero attached hydrogens (tertiary/aromatic N) is 5. The van der Waals surface area contributed by atoms with Gasteiger partial charge in [0.2, 0.25) is 5.16 Å². The first-order valence-electron chi connectivity index (χ1n) is 8.10. The Morgan fingerprint density at radius 1 is 1.19 bits per heavy atom. The topological polar surface area (TPSA) is 91.1 Å².